The van der Waals surface area contributed by atoms with Gasteiger partial charge < -0.3 is 5.73 Å². The van der Waals surface area contributed by atoms with Gasteiger partial charge in [-0.25, -0.2) is 8.42 Å². The standard InChI is InChI=1S/C15H14Cl2N2O5S2/c1-10-7-14(13(17)8-12(10)16)26(22,23)24-19-15(18)9-25(20,21)11-5-3-2-4-6-11/h2-8H,9H2,1H3,(H2,18,19). The second-order valence-electron chi connectivity index (χ2n) is 5.22. The van der Waals surface area contributed by atoms with Crippen molar-refractivity contribution in [1.82, 2.24) is 0 Å². The summed E-state index contributed by atoms with van der Waals surface area (Å²) in [6, 6.07) is 9.99. The van der Waals surface area contributed by atoms with Crippen LogP contribution in [-0.4, -0.2) is 28.4 Å². The van der Waals surface area contributed by atoms with Crippen molar-refractivity contribution in [2.75, 3.05) is 5.75 Å². The Hall–Kier alpha value is -1.81. The molecule has 0 unspecified atom stereocenters. The van der Waals surface area contributed by atoms with E-state index in [4.69, 9.17) is 28.9 Å². The van der Waals surface area contributed by atoms with E-state index in [0.29, 0.717) is 5.56 Å². The van der Waals surface area contributed by atoms with E-state index in [-0.39, 0.29) is 19.8 Å². The summed E-state index contributed by atoms with van der Waals surface area (Å²) >= 11 is 11.7. The summed E-state index contributed by atoms with van der Waals surface area (Å²) in [4.78, 5) is -0.332. The minimum atomic E-state index is -4.40. The van der Waals surface area contributed by atoms with E-state index in [1.165, 1.54) is 24.3 Å². The number of amidine groups is 1. The van der Waals surface area contributed by atoms with Crippen LogP contribution < -0.4 is 5.73 Å². The zero-order valence-electron chi connectivity index (χ0n) is 13.4. The maximum atomic E-state index is 12.2. The second kappa shape index (κ2) is 7.83. The fourth-order valence-electron chi connectivity index (χ4n) is 1.89. The molecule has 0 spiro atoms. The molecule has 0 saturated heterocycles. The quantitative estimate of drug-likeness (QED) is 0.422. The Labute approximate surface area is 161 Å². The van der Waals surface area contributed by atoms with Gasteiger partial charge in [0.1, 0.15) is 10.6 Å². The van der Waals surface area contributed by atoms with Gasteiger partial charge in [0.15, 0.2) is 15.7 Å². The predicted octanol–water partition coefficient (Wildman–Crippen LogP) is 2.75. The molecule has 2 aromatic carbocycles. The smallest absolute Gasteiger partial charge is 0.360 e. The van der Waals surface area contributed by atoms with Gasteiger partial charge in [-0.3, -0.25) is 4.28 Å². The van der Waals surface area contributed by atoms with Crippen molar-refractivity contribution in [3.8, 4) is 0 Å². The Balaban J connectivity index is 2.22. The van der Waals surface area contributed by atoms with Crippen molar-refractivity contribution >= 4 is 49.0 Å². The van der Waals surface area contributed by atoms with E-state index in [1.807, 2.05) is 0 Å². The molecule has 0 radical (unpaired) electrons. The van der Waals surface area contributed by atoms with Crippen LogP contribution in [0.4, 0.5) is 0 Å². The molecule has 0 saturated carbocycles. The molecule has 26 heavy (non-hydrogen) atoms. The number of benzene rings is 2. The first kappa shape index (κ1) is 20.5. The van der Waals surface area contributed by atoms with Crippen LogP contribution in [0.2, 0.25) is 10.0 Å². The number of hydrogen-bond donors (Lipinski definition) is 1. The van der Waals surface area contributed by atoms with Crippen molar-refractivity contribution in [3.05, 3.63) is 58.1 Å². The van der Waals surface area contributed by atoms with E-state index in [1.54, 1.807) is 25.1 Å². The lowest BCUT2D eigenvalue weighted by atomic mass is 10.2. The first-order valence-corrected chi connectivity index (χ1v) is 10.8. The molecule has 0 bridgehead atoms. The van der Waals surface area contributed by atoms with E-state index < -0.39 is 31.5 Å². The van der Waals surface area contributed by atoms with Gasteiger partial charge in [0.25, 0.3) is 0 Å². The van der Waals surface area contributed by atoms with E-state index >= 15 is 0 Å². The molecule has 2 N–H and O–H groups in total. The van der Waals surface area contributed by atoms with Gasteiger partial charge in [-0.2, -0.15) is 8.42 Å². The molecule has 7 nitrogen and oxygen atoms in total. The molecule has 0 aliphatic heterocycles. The molecule has 0 aliphatic carbocycles. The Kier molecular flexibility index (Phi) is 6.17. The number of halogens is 2. The fourth-order valence-corrected chi connectivity index (χ4v) is 4.63. The summed E-state index contributed by atoms with van der Waals surface area (Å²) < 4.78 is 53.2. The van der Waals surface area contributed by atoms with E-state index in [0.717, 1.165) is 0 Å². The number of rotatable bonds is 6. The van der Waals surface area contributed by atoms with Gasteiger partial charge in [-0.05, 0) is 36.8 Å². The Morgan fingerprint density at radius 3 is 2.31 bits per heavy atom. The Morgan fingerprint density at radius 1 is 1.08 bits per heavy atom. The predicted molar refractivity (Wildman–Crippen MR) is 99.6 cm³/mol. The normalized spacial score (nSPS) is 12.8. The van der Waals surface area contributed by atoms with Gasteiger partial charge in [0.05, 0.1) is 9.92 Å². The van der Waals surface area contributed by atoms with Gasteiger partial charge in [0.2, 0.25) is 0 Å². The van der Waals surface area contributed by atoms with Gasteiger partial charge in [-0.15, -0.1) is 0 Å². The molecule has 0 heterocycles. The minimum Gasteiger partial charge on any atom is -0.384 e. The second-order valence-corrected chi connectivity index (χ2v) is 9.52. The zero-order valence-corrected chi connectivity index (χ0v) is 16.5. The van der Waals surface area contributed by atoms with Crippen molar-refractivity contribution in [2.24, 2.45) is 10.9 Å². The zero-order chi connectivity index (χ0) is 19.5. The van der Waals surface area contributed by atoms with Crippen molar-refractivity contribution in [1.29, 1.82) is 0 Å². The molecule has 140 valence electrons. The van der Waals surface area contributed by atoms with E-state index in [2.05, 4.69) is 9.44 Å². The number of nitrogens with zero attached hydrogens (tertiary/aromatic N) is 1. The highest BCUT2D eigenvalue weighted by molar-refractivity contribution is 7.92. The lowest BCUT2D eigenvalue weighted by Gasteiger charge is -2.07. The van der Waals surface area contributed by atoms with Gasteiger partial charge >= 0.3 is 10.1 Å². The molecule has 2 aromatic rings. The summed E-state index contributed by atoms with van der Waals surface area (Å²) in [6.07, 6.45) is 0. The lowest BCUT2D eigenvalue weighted by Crippen LogP contribution is -2.24. The summed E-state index contributed by atoms with van der Waals surface area (Å²) in [6.45, 7) is 1.59. The largest absolute Gasteiger partial charge is 0.384 e. The number of aryl methyl sites for hydroxylation is 1. The average Bonchev–Trinajstić information content (AvgIpc) is 2.57. The molecule has 0 aromatic heterocycles. The first-order chi connectivity index (χ1) is 12.0. The highest BCUT2D eigenvalue weighted by atomic mass is 35.5. The molecule has 0 fully saturated rings. The maximum Gasteiger partial charge on any atom is 0.360 e. The molecular formula is C15H14Cl2N2O5S2. The number of sulfone groups is 1. The Bertz CT molecular complexity index is 1050. The van der Waals surface area contributed by atoms with Crippen LogP contribution in [0.25, 0.3) is 0 Å². The monoisotopic (exact) mass is 436 g/mol. The van der Waals surface area contributed by atoms with Crippen molar-refractivity contribution in [3.63, 3.8) is 0 Å². The lowest BCUT2D eigenvalue weighted by molar-refractivity contribution is 0.338. The number of oxime groups is 1. The SMILES string of the molecule is Cc1cc(S(=O)(=O)O/N=C(/N)CS(=O)(=O)c2ccccc2)c(Cl)cc1Cl. The minimum absolute atomic E-state index is 0.0253. The van der Waals surface area contributed by atoms with Crippen LogP contribution >= 0.6 is 23.2 Å². The average molecular weight is 437 g/mol. The van der Waals surface area contributed by atoms with Crippen LogP contribution in [0.15, 0.2) is 57.4 Å². The molecule has 2 rings (SSSR count). The fraction of sp³-hybridized carbons (Fsp3) is 0.133. The number of hydrogen-bond acceptors (Lipinski definition) is 6. The van der Waals surface area contributed by atoms with Crippen molar-refractivity contribution in [2.45, 2.75) is 16.7 Å². The number of nitrogens with two attached hydrogens (primary N) is 1. The molecule has 11 heteroatoms. The van der Waals surface area contributed by atoms with Crippen LogP contribution in [-0.2, 0) is 24.2 Å². The summed E-state index contributed by atoms with van der Waals surface area (Å²) in [7, 11) is -8.18. The van der Waals surface area contributed by atoms with Crippen LogP contribution in [0.5, 0.6) is 0 Å². The van der Waals surface area contributed by atoms with Crippen molar-refractivity contribution < 1.29 is 21.1 Å². The van der Waals surface area contributed by atoms with Crippen LogP contribution in [0.1, 0.15) is 5.56 Å². The highest BCUT2D eigenvalue weighted by Crippen LogP contribution is 2.29. The molecular weight excluding hydrogens is 423 g/mol. The van der Waals surface area contributed by atoms with Gasteiger partial charge in [0, 0.05) is 5.02 Å². The third kappa shape index (κ3) is 4.88. The topological polar surface area (TPSA) is 116 Å². The van der Waals surface area contributed by atoms with E-state index in [9.17, 15) is 16.8 Å². The van der Waals surface area contributed by atoms with Gasteiger partial charge in [-0.1, -0.05) is 46.6 Å². The molecule has 0 aliphatic rings. The van der Waals surface area contributed by atoms with Crippen LogP contribution in [0, 0.1) is 6.92 Å². The highest BCUT2D eigenvalue weighted by Gasteiger charge is 2.22. The summed E-state index contributed by atoms with van der Waals surface area (Å²) in [5.74, 6) is -1.24. The third-order valence-electron chi connectivity index (χ3n) is 3.18. The first-order valence-electron chi connectivity index (χ1n) is 7.02. The van der Waals surface area contributed by atoms with Crippen LogP contribution in [0.3, 0.4) is 0 Å². The summed E-state index contributed by atoms with van der Waals surface area (Å²) in [5.41, 5.74) is 5.96. The maximum absolute atomic E-state index is 12.2. The summed E-state index contributed by atoms with van der Waals surface area (Å²) in [5, 5.41) is 3.33. The third-order valence-corrected chi connectivity index (χ3v) is 6.82. The Morgan fingerprint density at radius 2 is 1.69 bits per heavy atom. The molecule has 0 atom stereocenters. The molecule has 0 amide bonds.